The number of carbonyl (C=O) groups is 1. The molecule has 0 bridgehead atoms. The first-order valence-corrected chi connectivity index (χ1v) is 13.6. The number of amides is 1. The summed E-state index contributed by atoms with van der Waals surface area (Å²) in [6.45, 7) is 5.21. The summed E-state index contributed by atoms with van der Waals surface area (Å²) >= 11 is 6.16. The zero-order chi connectivity index (χ0) is 24.8. The smallest absolute Gasteiger partial charge is 0.240 e. The maximum atomic E-state index is 12.8. The molecule has 0 radical (unpaired) electrons. The quantitative estimate of drug-likeness (QED) is 0.486. The monoisotopic (exact) mass is 511 g/mol. The Kier molecular flexibility index (Phi) is 8.11. The number of sulfonamides is 1. The molecule has 3 aromatic carbocycles. The van der Waals surface area contributed by atoms with Crippen molar-refractivity contribution in [3.8, 4) is 0 Å². The van der Waals surface area contributed by atoms with Crippen LogP contribution < -0.4 is 9.62 Å². The van der Waals surface area contributed by atoms with Gasteiger partial charge in [-0.1, -0.05) is 60.1 Å². The van der Waals surface area contributed by atoms with Crippen molar-refractivity contribution in [3.63, 3.8) is 0 Å². The number of hydrogen-bond donors (Lipinski definition) is 1. The van der Waals surface area contributed by atoms with Crippen LogP contribution in [0.4, 0.5) is 5.69 Å². The van der Waals surface area contributed by atoms with Crippen molar-refractivity contribution in [2.75, 3.05) is 31.1 Å². The van der Waals surface area contributed by atoms with Gasteiger partial charge in [-0.25, -0.2) is 13.1 Å². The lowest BCUT2D eigenvalue weighted by atomic mass is 10.1. The van der Waals surface area contributed by atoms with Crippen LogP contribution >= 0.6 is 11.6 Å². The fourth-order valence-electron chi connectivity index (χ4n) is 4.22. The number of benzene rings is 3. The van der Waals surface area contributed by atoms with Crippen molar-refractivity contribution in [1.29, 1.82) is 0 Å². The van der Waals surface area contributed by atoms with Gasteiger partial charge in [-0.2, -0.15) is 0 Å². The molecule has 35 heavy (non-hydrogen) atoms. The van der Waals surface area contributed by atoms with Crippen LogP contribution in [0.3, 0.4) is 0 Å². The van der Waals surface area contributed by atoms with E-state index in [-0.39, 0.29) is 17.3 Å². The highest BCUT2D eigenvalue weighted by molar-refractivity contribution is 7.89. The van der Waals surface area contributed by atoms with Crippen molar-refractivity contribution in [1.82, 2.24) is 9.62 Å². The van der Waals surface area contributed by atoms with Gasteiger partial charge in [0.05, 0.1) is 4.90 Å². The topological polar surface area (TPSA) is 69.7 Å². The summed E-state index contributed by atoms with van der Waals surface area (Å²) in [4.78, 5) is 17.2. The number of anilines is 1. The molecule has 0 unspecified atom stereocenters. The lowest BCUT2D eigenvalue weighted by Crippen LogP contribution is -2.49. The minimum atomic E-state index is -3.60. The van der Waals surface area contributed by atoms with E-state index in [0.29, 0.717) is 25.9 Å². The van der Waals surface area contributed by atoms with Crippen molar-refractivity contribution in [2.45, 2.75) is 31.2 Å². The molecule has 6 nitrogen and oxygen atoms in total. The van der Waals surface area contributed by atoms with Crippen LogP contribution in [0.5, 0.6) is 0 Å². The molecule has 0 aliphatic carbocycles. The number of piperazine rings is 1. The van der Waals surface area contributed by atoms with Gasteiger partial charge in [-0.05, 0) is 54.3 Å². The molecule has 1 aliphatic heterocycles. The van der Waals surface area contributed by atoms with Gasteiger partial charge < -0.3 is 9.80 Å². The molecule has 1 N–H and O–H groups in total. The Labute approximate surface area is 212 Å². The minimum absolute atomic E-state index is 0.119. The Morgan fingerprint density at radius 3 is 2.29 bits per heavy atom. The first-order chi connectivity index (χ1) is 16.8. The molecule has 1 heterocycles. The van der Waals surface area contributed by atoms with Gasteiger partial charge in [0, 0.05) is 49.9 Å². The molecular formula is C27H30ClN3O3S. The van der Waals surface area contributed by atoms with E-state index in [0.717, 1.165) is 34.9 Å². The number of hydrogen-bond acceptors (Lipinski definition) is 4. The summed E-state index contributed by atoms with van der Waals surface area (Å²) in [5.41, 5.74) is 4.14. The second-order valence-electron chi connectivity index (χ2n) is 8.75. The third-order valence-electron chi connectivity index (χ3n) is 6.31. The average Bonchev–Trinajstić information content (AvgIpc) is 2.88. The molecule has 1 saturated heterocycles. The predicted octanol–water partition coefficient (Wildman–Crippen LogP) is 4.41. The molecule has 184 valence electrons. The van der Waals surface area contributed by atoms with E-state index in [1.54, 1.807) is 24.3 Å². The van der Waals surface area contributed by atoms with Crippen LogP contribution in [0.2, 0.25) is 5.02 Å². The fourth-order valence-corrected chi connectivity index (χ4v) is 5.41. The fraction of sp³-hybridized carbons (Fsp3) is 0.296. The maximum Gasteiger partial charge on any atom is 0.240 e. The van der Waals surface area contributed by atoms with E-state index in [1.165, 1.54) is 5.56 Å². The lowest BCUT2D eigenvalue weighted by Gasteiger charge is -2.37. The number of halogens is 1. The summed E-state index contributed by atoms with van der Waals surface area (Å²) in [5.74, 6) is 0.119. The Morgan fingerprint density at radius 1 is 0.914 bits per heavy atom. The molecule has 1 amide bonds. The van der Waals surface area contributed by atoms with Crippen molar-refractivity contribution in [2.24, 2.45) is 0 Å². The summed E-state index contributed by atoms with van der Waals surface area (Å²) in [7, 11) is -3.60. The average molecular weight is 512 g/mol. The Balaban J connectivity index is 1.26. The molecule has 0 spiro atoms. The molecule has 0 aromatic heterocycles. The highest BCUT2D eigenvalue weighted by Crippen LogP contribution is 2.25. The van der Waals surface area contributed by atoms with Gasteiger partial charge in [0.1, 0.15) is 0 Å². The number of nitrogens with one attached hydrogen (secondary N) is 1. The normalized spacial score (nSPS) is 14.2. The van der Waals surface area contributed by atoms with Crippen LogP contribution in [0.1, 0.15) is 23.1 Å². The Hall–Kier alpha value is -2.87. The first-order valence-electron chi connectivity index (χ1n) is 11.7. The van der Waals surface area contributed by atoms with Crippen molar-refractivity contribution in [3.05, 3.63) is 94.5 Å². The maximum absolute atomic E-state index is 12.8. The van der Waals surface area contributed by atoms with Crippen LogP contribution in [0.15, 0.2) is 77.7 Å². The molecule has 0 atom stereocenters. The standard InChI is InChI=1S/C27H30ClN3O3S/c1-21-7-11-24(28)19-26(21)30-15-17-31(18-16-30)27(32)14-10-22-8-12-25(13-9-22)35(33,34)29-20-23-5-3-2-4-6-23/h2-9,11-13,19,29H,10,14-18,20H2,1H3. The highest BCUT2D eigenvalue weighted by Gasteiger charge is 2.22. The van der Waals surface area contributed by atoms with E-state index in [9.17, 15) is 13.2 Å². The number of carbonyl (C=O) groups excluding carboxylic acids is 1. The zero-order valence-corrected chi connectivity index (χ0v) is 21.4. The largest absolute Gasteiger partial charge is 0.368 e. The molecule has 4 rings (SSSR count). The van der Waals surface area contributed by atoms with Crippen molar-refractivity contribution >= 4 is 33.2 Å². The third-order valence-corrected chi connectivity index (χ3v) is 7.97. The summed E-state index contributed by atoms with van der Waals surface area (Å²) in [6.07, 6.45) is 0.971. The summed E-state index contributed by atoms with van der Waals surface area (Å²) < 4.78 is 27.8. The van der Waals surface area contributed by atoms with E-state index in [2.05, 4.69) is 16.5 Å². The van der Waals surface area contributed by atoms with Crippen LogP contribution in [0.25, 0.3) is 0 Å². The predicted molar refractivity (Wildman–Crippen MR) is 140 cm³/mol. The first kappa shape index (κ1) is 25.2. The van der Waals surface area contributed by atoms with Crippen LogP contribution in [-0.2, 0) is 27.8 Å². The van der Waals surface area contributed by atoms with Gasteiger partial charge in [0.25, 0.3) is 0 Å². The molecule has 1 aliphatic rings. The molecule has 8 heteroatoms. The second-order valence-corrected chi connectivity index (χ2v) is 11.0. The summed E-state index contributed by atoms with van der Waals surface area (Å²) in [6, 6.07) is 22.0. The SMILES string of the molecule is Cc1ccc(Cl)cc1N1CCN(C(=O)CCc2ccc(S(=O)(=O)NCc3ccccc3)cc2)CC1. The third kappa shape index (κ3) is 6.63. The van der Waals surface area contributed by atoms with Gasteiger partial charge in [-0.3, -0.25) is 4.79 Å². The number of rotatable bonds is 8. The van der Waals surface area contributed by atoms with Gasteiger partial charge in [-0.15, -0.1) is 0 Å². The second kappa shape index (κ2) is 11.2. The van der Waals surface area contributed by atoms with Crippen LogP contribution in [-0.4, -0.2) is 45.4 Å². The Bertz CT molecular complexity index is 1260. The Morgan fingerprint density at radius 2 is 1.60 bits per heavy atom. The van der Waals surface area contributed by atoms with E-state index in [4.69, 9.17) is 11.6 Å². The van der Waals surface area contributed by atoms with Gasteiger partial charge in [0.2, 0.25) is 15.9 Å². The van der Waals surface area contributed by atoms with Gasteiger partial charge >= 0.3 is 0 Å². The van der Waals surface area contributed by atoms with E-state index < -0.39 is 10.0 Å². The molecule has 1 fully saturated rings. The molecular weight excluding hydrogens is 482 g/mol. The van der Waals surface area contributed by atoms with E-state index in [1.807, 2.05) is 53.4 Å². The number of aryl methyl sites for hydroxylation is 2. The minimum Gasteiger partial charge on any atom is -0.368 e. The van der Waals surface area contributed by atoms with E-state index >= 15 is 0 Å². The van der Waals surface area contributed by atoms with Crippen molar-refractivity contribution < 1.29 is 13.2 Å². The zero-order valence-electron chi connectivity index (χ0n) is 19.8. The van der Waals surface area contributed by atoms with Crippen LogP contribution in [0, 0.1) is 6.92 Å². The summed E-state index contributed by atoms with van der Waals surface area (Å²) in [5, 5.41) is 0.718. The lowest BCUT2D eigenvalue weighted by molar-refractivity contribution is -0.131. The van der Waals surface area contributed by atoms with Gasteiger partial charge in [0.15, 0.2) is 0 Å². The molecule has 3 aromatic rings. The number of nitrogens with zero attached hydrogens (tertiary/aromatic N) is 2. The highest BCUT2D eigenvalue weighted by atomic mass is 35.5. The molecule has 0 saturated carbocycles.